The Bertz CT molecular complexity index is 1580. The molecule has 1 atom stereocenters. The topological polar surface area (TPSA) is 139 Å². The van der Waals surface area contributed by atoms with Crippen molar-refractivity contribution >= 4 is 35.1 Å². The van der Waals surface area contributed by atoms with Gasteiger partial charge in [0, 0.05) is 17.4 Å². The first-order chi connectivity index (χ1) is 20.3. The minimum atomic E-state index is -1.07. The molecule has 0 fully saturated rings. The summed E-state index contributed by atoms with van der Waals surface area (Å²) in [5, 5.41) is 9.74. The summed E-state index contributed by atoms with van der Waals surface area (Å²) in [6.07, 6.45) is 0.886. The van der Waals surface area contributed by atoms with Gasteiger partial charge >= 0.3 is 5.97 Å². The first-order valence-corrected chi connectivity index (χ1v) is 13.6. The number of ether oxygens (including phenoxy) is 1. The van der Waals surface area contributed by atoms with Crippen molar-refractivity contribution in [1.29, 1.82) is 0 Å². The SMILES string of the molecule is Cc1cc(OCCCc2ccc3c(c2)C(=O)N(C(CC(=O)O)c2ccccc2)CC(=O)N3c2ccccc2)nc(N)n1. The highest BCUT2D eigenvalue weighted by atomic mass is 16.5. The largest absolute Gasteiger partial charge is 0.481 e. The number of nitrogens with zero attached hydrogens (tertiary/aromatic N) is 4. The normalized spacial score (nSPS) is 13.8. The van der Waals surface area contributed by atoms with E-state index in [2.05, 4.69) is 9.97 Å². The molecule has 1 aliphatic rings. The van der Waals surface area contributed by atoms with Crippen molar-refractivity contribution in [1.82, 2.24) is 14.9 Å². The highest BCUT2D eigenvalue weighted by molar-refractivity contribution is 6.13. The van der Waals surface area contributed by atoms with Crippen LogP contribution in [-0.4, -0.2) is 50.9 Å². The first-order valence-electron chi connectivity index (χ1n) is 13.6. The Labute approximate surface area is 243 Å². The van der Waals surface area contributed by atoms with Gasteiger partial charge in [-0.15, -0.1) is 0 Å². The van der Waals surface area contributed by atoms with E-state index < -0.39 is 17.9 Å². The van der Waals surface area contributed by atoms with Gasteiger partial charge < -0.3 is 20.5 Å². The zero-order valence-electron chi connectivity index (χ0n) is 23.1. The number of anilines is 3. The van der Waals surface area contributed by atoms with Crippen LogP contribution >= 0.6 is 0 Å². The molecular weight excluding hydrogens is 534 g/mol. The lowest BCUT2D eigenvalue weighted by molar-refractivity contribution is -0.138. The monoisotopic (exact) mass is 565 g/mol. The van der Waals surface area contributed by atoms with E-state index in [9.17, 15) is 19.5 Å². The van der Waals surface area contributed by atoms with Gasteiger partial charge in [0.25, 0.3) is 11.8 Å². The molecule has 0 spiro atoms. The number of rotatable bonds is 10. The van der Waals surface area contributed by atoms with E-state index in [1.54, 1.807) is 54.6 Å². The van der Waals surface area contributed by atoms with Crippen LogP contribution in [0, 0.1) is 6.92 Å². The van der Waals surface area contributed by atoms with Crippen LogP contribution in [0.3, 0.4) is 0 Å². The Hall–Kier alpha value is -5.25. The van der Waals surface area contributed by atoms with Crippen LogP contribution in [0.5, 0.6) is 5.88 Å². The van der Waals surface area contributed by atoms with Crippen molar-refractivity contribution in [2.24, 2.45) is 0 Å². The Morgan fingerprint density at radius 3 is 2.40 bits per heavy atom. The number of carboxylic acid groups (broad SMARTS) is 1. The van der Waals surface area contributed by atoms with Crippen molar-refractivity contribution < 1.29 is 24.2 Å². The highest BCUT2D eigenvalue weighted by Crippen LogP contribution is 2.36. The Kier molecular flexibility index (Phi) is 8.42. The zero-order valence-corrected chi connectivity index (χ0v) is 23.1. The fraction of sp³-hybridized carbons (Fsp3) is 0.219. The molecule has 10 nitrogen and oxygen atoms in total. The van der Waals surface area contributed by atoms with Gasteiger partial charge in [-0.1, -0.05) is 54.6 Å². The van der Waals surface area contributed by atoms with Gasteiger partial charge in [-0.25, -0.2) is 4.98 Å². The molecule has 1 aromatic heterocycles. The standard InChI is InChI=1S/C32H31N5O5/c1-21-17-28(35-32(33)34-21)42-16-8-9-22-14-15-26-25(18-22)31(41)36(20-29(38)37(26)24-12-6-3-7-13-24)27(19-30(39)40)23-10-4-2-5-11-23/h2-7,10-15,17-18,27H,8-9,16,19-20H2,1H3,(H,39,40)(H2,33,34,35). The summed E-state index contributed by atoms with van der Waals surface area (Å²) in [7, 11) is 0. The third-order valence-electron chi connectivity index (χ3n) is 7.00. The number of carbonyl (C=O) groups excluding carboxylic acids is 2. The number of carboxylic acids is 1. The fourth-order valence-electron chi connectivity index (χ4n) is 5.13. The van der Waals surface area contributed by atoms with Crippen LogP contribution in [0.15, 0.2) is 84.9 Å². The van der Waals surface area contributed by atoms with Gasteiger partial charge in [-0.2, -0.15) is 4.98 Å². The van der Waals surface area contributed by atoms with E-state index in [0.29, 0.717) is 53.5 Å². The van der Waals surface area contributed by atoms with E-state index in [4.69, 9.17) is 10.5 Å². The molecule has 2 amide bonds. The molecule has 3 N–H and O–H groups in total. The maximum atomic E-state index is 14.2. The summed E-state index contributed by atoms with van der Waals surface area (Å²) in [6, 6.07) is 24.4. The fourth-order valence-corrected chi connectivity index (χ4v) is 5.13. The number of amides is 2. The van der Waals surface area contributed by atoms with E-state index >= 15 is 0 Å². The lowest BCUT2D eigenvalue weighted by Crippen LogP contribution is -2.40. The van der Waals surface area contributed by atoms with Crippen LogP contribution in [0.25, 0.3) is 0 Å². The van der Waals surface area contributed by atoms with Gasteiger partial charge in [0.05, 0.1) is 30.3 Å². The van der Waals surface area contributed by atoms with Gasteiger partial charge in [-0.05, 0) is 55.2 Å². The van der Waals surface area contributed by atoms with Crippen molar-refractivity contribution in [3.05, 3.63) is 107 Å². The van der Waals surface area contributed by atoms with Crippen LogP contribution < -0.4 is 15.4 Å². The molecule has 2 heterocycles. The summed E-state index contributed by atoms with van der Waals surface area (Å²) < 4.78 is 5.75. The van der Waals surface area contributed by atoms with Crippen LogP contribution in [0.2, 0.25) is 0 Å². The smallest absolute Gasteiger partial charge is 0.305 e. The van der Waals surface area contributed by atoms with E-state index in [1.807, 2.05) is 37.3 Å². The van der Waals surface area contributed by atoms with Crippen molar-refractivity contribution in [3.8, 4) is 5.88 Å². The number of aromatic nitrogens is 2. The number of carbonyl (C=O) groups is 3. The highest BCUT2D eigenvalue weighted by Gasteiger charge is 2.37. The Morgan fingerprint density at radius 2 is 1.71 bits per heavy atom. The first kappa shape index (κ1) is 28.3. The summed E-state index contributed by atoms with van der Waals surface area (Å²) >= 11 is 0. The lowest BCUT2D eigenvalue weighted by atomic mass is 9.99. The summed E-state index contributed by atoms with van der Waals surface area (Å²) in [6.45, 7) is 1.90. The third-order valence-corrected chi connectivity index (χ3v) is 7.00. The molecule has 0 radical (unpaired) electrons. The summed E-state index contributed by atoms with van der Waals surface area (Å²) in [5.74, 6) is -1.26. The summed E-state index contributed by atoms with van der Waals surface area (Å²) in [5.41, 5.74) is 9.33. The second-order valence-corrected chi connectivity index (χ2v) is 10.0. The number of aliphatic carboxylic acids is 1. The molecule has 0 saturated heterocycles. The second kappa shape index (κ2) is 12.5. The molecule has 3 aromatic carbocycles. The molecule has 0 saturated carbocycles. The lowest BCUT2D eigenvalue weighted by Gasteiger charge is -2.30. The van der Waals surface area contributed by atoms with Gasteiger partial charge in [0.2, 0.25) is 11.8 Å². The molecule has 214 valence electrons. The molecule has 42 heavy (non-hydrogen) atoms. The molecule has 5 rings (SSSR count). The number of hydrogen-bond donors (Lipinski definition) is 2. The molecule has 1 unspecified atom stereocenters. The number of para-hydroxylation sites is 1. The minimum Gasteiger partial charge on any atom is -0.481 e. The molecule has 0 aliphatic carbocycles. The van der Waals surface area contributed by atoms with Crippen molar-refractivity contribution in [3.63, 3.8) is 0 Å². The number of hydrogen-bond acceptors (Lipinski definition) is 7. The van der Waals surface area contributed by atoms with Gasteiger partial charge in [0.15, 0.2) is 0 Å². The number of fused-ring (bicyclic) bond motifs is 1. The van der Waals surface area contributed by atoms with E-state index in [0.717, 1.165) is 5.56 Å². The van der Waals surface area contributed by atoms with Crippen molar-refractivity contribution in [2.45, 2.75) is 32.2 Å². The Balaban J connectivity index is 1.47. The Morgan fingerprint density at radius 1 is 1.00 bits per heavy atom. The maximum Gasteiger partial charge on any atom is 0.305 e. The zero-order chi connectivity index (χ0) is 29.6. The van der Waals surface area contributed by atoms with Crippen molar-refractivity contribution in [2.75, 3.05) is 23.8 Å². The predicted octanol–water partition coefficient (Wildman–Crippen LogP) is 4.72. The average molecular weight is 566 g/mol. The number of nitrogen functional groups attached to an aromatic ring is 1. The quantitative estimate of drug-likeness (QED) is 0.264. The number of benzene rings is 3. The number of nitrogens with two attached hydrogens (primary N) is 1. The molecule has 10 heteroatoms. The molecule has 4 aromatic rings. The van der Waals surface area contributed by atoms with Crippen LogP contribution in [-0.2, 0) is 16.0 Å². The van der Waals surface area contributed by atoms with Crippen LogP contribution in [0.1, 0.15) is 46.1 Å². The van der Waals surface area contributed by atoms with Gasteiger partial charge in [0.1, 0.15) is 6.54 Å². The minimum absolute atomic E-state index is 0.146. The van der Waals surface area contributed by atoms with E-state index in [-0.39, 0.29) is 24.8 Å². The maximum absolute atomic E-state index is 14.2. The third kappa shape index (κ3) is 6.38. The second-order valence-electron chi connectivity index (χ2n) is 10.0. The molecule has 0 bridgehead atoms. The summed E-state index contributed by atoms with van der Waals surface area (Å²) in [4.78, 5) is 50.9. The molecular formula is C32H31N5O5. The van der Waals surface area contributed by atoms with Crippen LogP contribution in [0.4, 0.5) is 17.3 Å². The predicted molar refractivity (Wildman–Crippen MR) is 157 cm³/mol. The van der Waals surface area contributed by atoms with E-state index in [1.165, 1.54) is 9.80 Å². The molecule has 1 aliphatic heterocycles. The average Bonchev–Trinajstić information content (AvgIpc) is 3.08. The van der Waals surface area contributed by atoms with Gasteiger partial charge in [-0.3, -0.25) is 19.3 Å². The number of aryl methyl sites for hydroxylation is 2.